The molecule has 2 N–H and O–H groups in total. The fraction of sp³-hybridized carbons (Fsp3) is 0.500. The van der Waals surface area contributed by atoms with E-state index in [2.05, 4.69) is 5.32 Å². The lowest BCUT2D eigenvalue weighted by molar-refractivity contribution is -0.145. The number of amides is 2. The van der Waals surface area contributed by atoms with Crippen LogP contribution in [0.5, 0.6) is 0 Å². The Labute approximate surface area is 150 Å². The van der Waals surface area contributed by atoms with Crippen LogP contribution in [-0.2, 0) is 9.59 Å². The van der Waals surface area contributed by atoms with Crippen LogP contribution in [0.2, 0.25) is 0 Å². The van der Waals surface area contributed by atoms with Crippen molar-refractivity contribution in [2.24, 2.45) is 5.41 Å². The molecule has 26 heavy (non-hydrogen) atoms. The van der Waals surface area contributed by atoms with E-state index in [1.807, 2.05) is 0 Å². The number of carbonyl (C=O) groups excluding carboxylic acids is 2. The Bertz CT molecular complexity index is 668. The van der Waals surface area contributed by atoms with Gasteiger partial charge in [-0.15, -0.1) is 0 Å². The van der Waals surface area contributed by atoms with Gasteiger partial charge in [0.15, 0.2) is 0 Å². The number of alkyl halides is 2. The summed E-state index contributed by atoms with van der Waals surface area (Å²) < 4.78 is 25.0. The molecule has 2 unspecified atom stereocenters. The summed E-state index contributed by atoms with van der Waals surface area (Å²) in [6, 6.07) is 6.98. The molecule has 0 spiro atoms. The molecule has 1 aliphatic heterocycles. The van der Waals surface area contributed by atoms with Crippen molar-refractivity contribution >= 4 is 17.8 Å². The third-order valence-corrected chi connectivity index (χ3v) is 4.57. The van der Waals surface area contributed by atoms with Crippen molar-refractivity contribution in [3.8, 4) is 0 Å². The van der Waals surface area contributed by atoms with Crippen LogP contribution in [0.25, 0.3) is 0 Å². The Kier molecular flexibility index (Phi) is 6.28. The lowest BCUT2D eigenvalue weighted by Gasteiger charge is -2.39. The lowest BCUT2D eigenvalue weighted by Crippen LogP contribution is -2.55. The van der Waals surface area contributed by atoms with Crippen LogP contribution in [-0.4, -0.2) is 53.3 Å². The summed E-state index contributed by atoms with van der Waals surface area (Å²) in [5.41, 5.74) is -0.531. The molecule has 1 aliphatic rings. The molecule has 0 bridgehead atoms. The fourth-order valence-electron chi connectivity index (χ4n) is 3.09. The lowest BCUT2D eigenvalue weighted by atomic mass is 9.80. The van der Waals surface area contributed by atoms with E-state index in [9.17, 15) is 23.2 Å². The Morgan fingerprint density at radius 2 is 1.92 bits per heavy atom. The van der Waals surface area contributed by atoms with Gasteiger partial charge >= 0.3 is 5.97 Å². The van der Waals surface area contributed by atoms with Gasteiger partial charge in [0.25, 0.3) is 5.91 Å². The van der Waals surface area contributed by atoms with Crippen LogP contribution >= 0.6 is 0 Å². The number of rotatable bonds is 6. The van der Waals surface area contributed by atoms with Crippen molar-refractivity contribution in [1.29, 1.82) is 0 Å². The fourth-order valence-corrected chi connectivity index (χ4v) is 3.09. The first kappa shape index (κ1) is 19.8. The van der Waals surface area contributed by atoms with Gasteiger partial charge in [-0.25, -0.2) is 13.6 Å². The zero-order chi connectivity index (χ0) is 19.3. The highest BCUT2D eigenvalue weighted by Crippen LogP contribution is 2.31. The minimum absolute atomic E-state index is 0.105. The minimum atomic E-state index is -2.84. The maximum absolute atomic E-state index is 12.6. The number of nitrogens with zero attached hydrogens (tertiary/aromatic N) is 1. The highest BCUT2D eigenvalue weighted by Gasteiger charge is 2.41. The molecule has 0 aliphatic carbocycles. The van der Waals surface area contributed by atoms with Crippen LogP contribution in [0.4, 0.5) is 8.78 Å². The second-order valence-electron chi connectivity index (χ2n) is 6.75. The number of piperidine rings is 1. The average molecular weight is 368 g/mol. The number of benzene rings is 1. The largest absolute Gasteiger partial charge is 0.480 e. The summed E-state index contributed by atoms with van der Waals surface area (Å²) in [6.07, 6.45) is -2.79. The van der Waals surface area contributed by atoms with E-state index in [-0.39, 0.29) is 12.5 Å². The molecule has 142 valence electrons. The summed E-state index contributed by atoms with van der Waals surface area (Å²) in [5.74, 6) is -2.35. The van der Waals surface area contributed by atoms with Crippen molar-refractivity contribution in [3.05, 3.63) is 35.9 Å². The summed E-state index contributed by atoms with van der Waals surface area (Å²) >= 11 is 0. The highest BCUT2D eigenvalue weighted by atomic mass is 19.3. The van der Waals surface area contributed by atoms with Crippen LogP contribution in [0.1, 0.15) is 36.5 Å². The number of aliphatic carboxylic acids is 1. The number of halogens is 2. The smallest absolute Gasteiger partial charge is 0.326 e. The van der Waals surface area contributed by atoms with Gasteiger partial charge in [-0.3, -0.25) is 9.59 Å². The second kappa shape index (κ2) is 8.25. The van der Waals surface area contributed by atoms with E-state index in [0.29, 0.717) is 24.9 Å². The quantitative estimate of drug-likeness (QED) is 0.806. The van der Waals surface area contributed by atoms with Gasteiger partial charge in [0.05, 0.1) is 5.41 Å². The molecular weight excluding hydrogens is 346 g/mol. The van der Waals surface area contributed by atoms with Crippen molar-refractivity contribution in [2.75, 3.05) is 13.1 Å². The summed E-state index contributed by atoms with van der Waals surface area (Å²) in [6.45, 7) is 2.21. The number of carboxylic acid groups (broad SMARTS) is 1. The predicted molar refractivity (Wildman–Crippen MR) is 89.9 cm³/mol. The monoisotopic (exact) mass is 368 g/mol. The molecule has 1 aromatic rings. The number of carbonyl (C=O) groups is 3. The molecule has 0 radical (unpaired) electrons. The molecule has 2 rings (SSSR count). The van der Waals surface area contributed by atoms with Crippen LogP contribution in [0.3, 0.4) is 0 Å². The summed E-state index contributed by atoms with van der Waals surface area (Å²) in [7, 11) is 0. The van der Waals surface area contributed by atoms with E-state index in [4.69, 9.17) is 5.11 Å². The Hall–Kier alpha value is -2.51. The molecule has 1 saturated heterocycles. The number of nitrogens with one attached hydrogen (secondary N) is 1. The van der Waals surface area contributed by atoms with Gasteiger partial charge in [0.2, 0.25) is 12.3 Å². The van der Waals surface area contributed by atoms with Crippen LogP contribution in [0, 0.1) is 5.41 Å². The molecule has 1 aromatic carbocycles. The van der Waals surface area contributed by atoms with Gasteiger partial charge in [-0.2, -0.15) is 0 Å². The molecule has 8 heteroatoms. The topological polar surface area (TPSA) is 86.7 Å². The van der Waals surface area contributed by atoms with E-state index in [1.165, 1.54) is 0 Å². The SMILES string of the molecule is CC1(C(=O)NC(CC(F)F)C(=O)O)CCCN(C(=O)c2ccccc2)C1. The molecule has 1 fully saturated rings. The van der Waals surface area contributed by atoms with Gasteiger partial charge in [-0.1, -0.05) is 18.2 Å². The van der Waals surface area contributed by atoms with E-state index in [0.717, 1.165) is 0 Å². The summed E-state index contributed by atoms with van der Waals surface area (Å²) in [4.78, 5) is 37.8. The zero-order valence-corrected chi connectivity index (χ0v) is 14.5. The molecule has 0 aromatic heterocycles. The number of hydrogen-bond donors (Lipinski definition) is 2. The maximum Gasteiger partial charge on any atom is 0.326 e. The van der Waals surface area contributed by atoms with Gasteiger partial charge in [-0.05, 0) is 31.9 Å². The summed E-state index contributed by atoms with van der Waals surface area (Å²) in [5, 5.41) is 11.2. The molecule has 2 atom stereocenters. The standard InChI is InChI=1S/C18H22F2N2O4/c1-18(17(26)21-13(16(24)25)10-14(19)20)8-5-9-22(11-18)15(23)12-6-3-2-4-7-12/h2-4,6-7,13-14H,5,8-11H2,1H3,(H,21,26)(H,24,25). The predicted octanol–water partition coefficient (Wildman–Crippen LogP) is 2.15. The Morgan fingerprint density at radius 3 is 2.50 bits per heavy atom. The van der Waals surface area contributed by atoms with Crippen LogP contribution < -0.4 is 5.32 Å². The molecule has 0 saturated carbocycles. The third-order valence-electron chi connectivity index (χ3n) is 4.57. The van der Waals surface area contributed by atoms with Crippen molar-refractivity contribution in [1.82, 2.24) is 10.2 Å². The zero-order valence-electron chi connectivity index (χ0n) is 14.5. The van der Waals surface area contributed by atoms with E-state index < -0.39 is 36.2 Å². The van der Waals surface area contributed by atoms with Gasteiger partial charge in [0, 0.05) is 25.1 Å². The number of hydrogen-bond acceptors (Lipinski definition) is 3. The average Bonchev–Trinajstić information content (AvgIpc) is 2.60. The number of carboxylic acids is 1. The first-order chi connectivity index (χ1) is 12.2. The maximum atomic E-state index is 12.6. The highest BCUT2D eigenvalue weighted by molar-refractivity contribution is 5.95. The first-order valence-corrected chi connectivity index (χ1v) is 8.39. The van der Waals surface area contributed by atoms with Crippen molar-refractivity contribution in [3.63, 3.8) is 0 Å². The normalized spacial score (nSPS) is 21.3. The molecule has 6 nitrogen and oxygen atoms in total. The van der Waals surface area contributed by atoms with Crippen molar-refractivity contribution in [2.45, 2.75) is 38.7 Å². The van der Waals surface area contributed by atoms with Crippen LogP contribution in [0.15, 0.2) is 30.3 Å². The minimum Gasteiger partial charge on any atom is -0.480 e. The first-order valence-electron chi connectivity index (χ1n) is 8.39. The molecule has 1 heterocycles. The molecular formula is C18H22F2N2O4. The second-order valence-corrected chi connectivity index (χ2v) is 6.75. The Balaban J connectivity index is 2.08. The third kappa shape index (κ3) is 4.77. The van der Waals surface area contributed by atoms with Gasteiger partial charge in [0.1, 0.15) is 6.04 Å². The molecule has 2 amide bonds. The van der Waals surface area contributed by atoms with Crippen molar-refractivity contribution < 1.29 is 28.3 Å². The Morgan fingerprint density at radius 1 is 1.27 bits per heavy atom. The van der Waals surface area contributed by atoms with E-state index >= 15 is 0 Å². The van der Waals surface area contributed by atoms with Gasteiger partial charge < -0.3 is 15.3 Å². The number of likely N-dealkylation sites (tertiary alicyclic amines) is 1. The van der Waals surface area contributed by atoms with E-state index in [1.54, 1.807) is 42.2 Å².